The zero-order valence-electron chi connectivity index (χ0n) is 13.2. The molecule has 0 heterocycles. The molecule has 2 fully saturated rings. The second-order valence-corrected chi connectivity index (χ2v) is 13.4. The first-order valence-corrected chi connectivity index (χ1v) is 11.8. The first kappa shape index (κ1) is 15.0. The highest BCUT2D eigenvalue weighted by Gasteiger charge is 2.38. The first-order valence-electron chi connectivity index (χ1n) is 8.10. The van der Waals surface area contributed by atoms with Crippen molar-refractivity contribution < 1.29 is 4.79 Å². The normalized spacial score (nSPS) is 28.8. The van der Waals surface area contributed by atoms with E-state index in [1.54, 1.807) is 11.1 Å². The van der Waals surface area contributed by atoms with Crippen LogP contribution < -0.4 is 0 Å². The maximum atomic E-state index is 12.2. The van der Waals surface area contributed by atoms with Crippen molar-refractivity contribution in [2.24, 2.45) is 11.8 Å². The molecule has 0 bridgehead atoms. The molecule has 0 unspecified atom stereocenters. The zero-order valence-corrected chi connectivity index (χ0v) is 14.2. The molecule has 2 saturated carbocycles. The Balaban J connectivity index is 2.20. The quantitative estimate of drug-likeness (QED) is 0.512. The van der Waals surface area contributed by atoms with Crippen molar-refractivity contribution in [3.8, 4) is 0 Å². The molecule has 2 atom stereocenters. The van der Waals surface area contributed by atoms with E-state index in [0.717, 1.165) is 0 Å². The van der Waals surface area contributed by atoms with E-state index in [1.165, 1.54) is 51.0 Å². The third-order valence-electron chi connectivity index (χ3n) is 4.86. The molecule has 2 rings (SSSR count). The average molecular weight is 279 g/mol. The minimum atomic E-state index is -1.06. The number of hydrogen-bond donors (Lipinski definition) is 0. The molecule has 0 amide bonds. The predicted molar refractivity (Wildman–Crippen MR) is 85.2 cm³/mol. The number of rotatable bonds is 3. The van der Waals surface area contributed by atoms with Gasteiger partial charge in [-0.25, -0.2) is 0 Å². The monoisotopic (exact) mass is 278 g/mol. The molecule has 2 aliphatic rings. The fraction of sp³-hybridized carbons (Fsp3) is 0.824. The van der Waals surface area contributed by atoms with Gasteiger partial charge in [-0.1, -0.05) is 43.3 Å². The van der Waals surface area contributed by atoms with E-state index in [1.807, 2.05) is 6.92 Å². The lowest BCUT2D eigenvalue weighted by atomic mass is 9.83. The second-order valence-electron chi connectivity index (χ2n) is 7.84. The van der Waals surface area contributed by atoms with Crippen LogP contribution in [0.5, 0.6) is 0 Å². The van der Waals surface area contributed by atoms with Crippen molar-refractivity contribution in [2.45, 2.75) is 77.6 Å². The second kappa shape index (κ2) is 5.95. The smallest absolute Gasteiger partial charge is 0.137 e. The van der Waals surface area contributed by atoms with Gasteiger partial charge in [0.15, 0.2) is 0 Å². The van der Waals surface area contributed by atoms with Gasteiger partial charge in [0.25, 0.3) is 0 Å². The lowest BCUT2D eigenvalue weighted by Crippen LogP contribution is -2.28. The van der Waals surface area contributed by atoms with Crippen LogP contribution in [-0.4, -0.2) is 13.9 Å². The Morgan fingerprint density at radius 3 is 2.26 bits per heavy atom. The first-order chi connectivity index (χ1) is 8.88. The van der Waals surface area contributed by atoms with Crippen LogP contribution in [0, 0.1) is 11.8 Å². The number of carbonyl (C=O) groups excluding carboxylic acids is 1. The highest BCUT2D eigenvalue weighted by atomic mass is 28.3. The summed E-state index contributed by atoms with van der Waals surface area (Å²) in [5, 5.41) is 0. The van der Waals surface area contributed by atoms with Crippen molar-refractivity contribution >= 4 is 13.9 Å². The molecule has 0 saturated heterocycles. The molecule has 0 aromatic carbocycles. The maximum absolute atomic E-state index is 12.2. The van der Waals surface area contributed by atoms with Gasteiger partial charge < -0.3 is 0 Å². The molecule has 0 aromatic heterocycles. The summed E-state index contributed by atoms with van der Waals surface area (Å²) in [5.41, 5.74) is 3.25. The van der Waals surface area contributed by atoms with Crippen molar-refractivity contribution in [1.29, 1.82) is 0 Å². The Labute approximate surface area is 119 Å². The van der Waals surface area contributed by atoms with E-state index in [2.05, 4.69) is 19.6 Å². The fourth-order valence-electron chi connectivity index (χ4n) is 4.23. The highest BCUT2D eigenvalue weighted by molar-refractivity contribution is 6.76. The van der Waals surface area contributed by atoms with Gasteiger partial charge in [0.1, 0.15) is 5.78 Å². The van der Waals surface area contributed by atoms with E-state index in [4.69, 9.17) is 0 Å². The summed E-state index contributed by atoms with van der Waals surface area (Å²) in [6.45, 7) is 9.15. The summed E-state index contributed by atoms with van der Waals surface area (Å²) in [5.74, 6) is 1.39. The SMILES string of the molecule is CC(=O)[C@H]1C(=C2CCCCC2)CC[C@H]1C[Si](C)(C)C. The predicted octanol–water partition coefficient (Wildman–Crippen LogP) is 5.20. The summed E-state index contributed by atoms with van der Waals surface area (Å²) < 4.78 is 0. The lowest BCUT2D eigenvalue weighted by Gasteiger charge is -2.27. The van der Waals surface area contributed by atoms with Gasteiger partial charge >= 0.3 is 0 Å². The molecule has 1 nitrogen and oxygen atoms in total. The largest absolute Gasteiger partial charge is 0.299 e. The van der Waals surface area contributed by atoms with Gasteiger partial charge in [0, 0.05) is 14.0 Å². The summed E-state index contributed by atoms with van der Waals surface area (Å²) >= 11 is 0. The van der Waals surface area contributed by atoms with Gasteiger partial charge in [-0.3, -0.25) is 4.79 Å². The number of carbonyl (C=O) groups is 1. The lowest BCUT2D eigenvalue weighted by molar-refractivity contribution is -0.120. The third-order valence-corrected chi connectivity index (χ3v) is 6.60. The molecule has 0 aromatic rings. The summed E-state index contributed by atoms with van der Waals surface area (Å²) in [7, 11) is -1.06. The molecule has 2 heteroatoms. The Morgan fingerprint density at radius 1 is 1.11 bits per heavy atom. The standard InChI is InChI=1S/C17H30OSi/c1-13(18)17-15(12-19(2,3)4)10-11-16(17)14-8-6-5-7-9-14/h15,17H,5-12H2,1-4H3/t15-,17+/m0/s1. The summed E-state index contributed by atoms with van der Waals surface area (Å²) in [6, 6.07) is 1.33. The van der Waals surface area contributed by atoms with Gasteiger partial charge in [-0.15, -0.1) is 0 Å². The van der Waals surface area contributed by atoms with E-state index in [0.29, 0.717) is 17.6 Å². The summed E-state index contributed by atoms with van der Waals surface area (Å²) in [6.07, 6.45) is 9.13. The van der Waals surface area contributed by atoms with Gasteiger partial charge in [0.05, 0.1) is 0 Å². The van der Waals surface area contributed by atoms with Crippen LogP contribution in [0.4, 0.5) is 0 Å². The zero-order chi connectivity index (χ0) is 14.0. The van der Waals surface area contributed by atoms with Crippen LogP contribution in [0.2, 0.25) is 25.7 Å². The summed E-state index contributed by atoms with van der Waals surface area (Å²) in [4.78, 5) is 12.2. The van der Waals surface area contributed by atoms with E-state index in [9.17, 15) is 4.79 Å². The number of ketones is 1. The molecule has 0 N–H and O–H groups in total. The van der Waals surface area contributed by atoms with Crippen LogP contribution in [-0.2, 0) is 4.79 Å². The van der Waals surface area contributed by atoms with Gasteiger partial charge in [0.2, 0.25) is 0 Å². The highest BCUT2D eigenvalue weighted by Crippen LogP contribution is 2.45. The van der Waals surface area contributed by atoms with Crippen LogP contribution >= 0.6 is 0 Å². The molecule has 2 aliphatic carbocycles. The van der Waals surface area contributed by atoms with Crippen LogP contribution in [0.3, 0.4) is 0 Å². The molecule has 0 radical (unpaired) electrons. The van der Waals surface area contributed by atoms with Crippen molar-refractivity contribution in [3.05, 3.63) is 11.1 Å². The van der Waals surface area contributed by atoms with Crippen LogP contribution in [0.1, 0.15) is 51.9 Å². The topological polar surface area (TPSA) is 17.1 Å². The third kappa shape index (κ3) is 3.81. The number of allylic oxidation sites excluding steroid dienone is 2. The van der Waals surface area contributed by atoms with E-state index in [-0.39, 0.29) is 0 Å². The Morgan fingerprint density at radius 2 is 1.74 bits per heavy atom. The molecular weight excluding hydrogens is 248 g/mol. The van der Waals surface area contributed by atoms with Gasteiger partial charge in [-0.05, 0) is 51.4 Å². The fourth-order valence-corrected chi connectivity index (χ4v) is 6.24. The van der Waals surface area contributed by atoms with E-state index >= 15 is 0 Å². The van der Waals surface area contributed by atoms with E-state index < -0.39 is 8.07 Å². The Kier molecular flexibility index (Phi) is 4.70. The Bertz CT molecular complexity index is 367. The Hall–Kier alpha value is -0.373. The number of Topliss-reactive ketones (excluding diaryl/α,β-unsaturated/α-hetero) is 1. The molecule has 0 aliphatic heterocycles. The minimum Gasteiger partial charge on any atom is -0.299 e. The van der Waals surface area contributed by atoms with Crippen LogP contribution in [0.25, 0.3) is 0 Å². The molecule has 19 heavy (non-hydrogen) atoms. The molecular formula is C17H30OSi. The molecule has 108 valence electrons. The average Bonchev–Trinajstić information content (AvgIpc) is 2.71. The molecule has 0 spiro atoms. The van der Waals surface area contributed by atoms with Crippen molar-refractivity contribution in [1.82, 2.24) is 0 Å². The maximum Gasteiger partial charge on any atom is 0.137 e. The number of hydrogen-bond acceptors (Lipinski definition) is 1. The minimum absolute atomic E-state index is 0.292. The van der Waals surface area contributed by atoms with Crippen molar-refractivity contribution in [2.75, 3.05) is 0 Å². The van der Waals surface area contributed by atoms with Crippen molar-refractivity contribution in [3.63, 3.8) is 0 Å². The van der Waals surface area contributed by atoms with Gasteiger partial charge in [-0.2, -0.15) is 0 Å². The van der Waals surface area contributed by atoms with Crippen LogP contribution in [0.15, 0.2) is 11.1 Å².